The molecule has 1 unspecified atom stereocenters. The second-order valence-electron chi connectivity index (χ2n) is 5.87. The summed E-state index contributed by atoms with van der Waals surface area (Å²) in [5.74, 6) is 1.73. The van der Waals surface area contributed by atoms with Crippen molar-refractivity contribution in [1.82, 2.24) is 9.97 Å². The molecule has 102 valence electrons. The van der Waals surface area contributed by atoms with E-state index in [1.807, 2.05) is 6.07 Å². The Balaban J connectivity index is 3.01. The van der Waals surface area contributed by atoms with Crippen LogP contribution in [0.1, 0.15) is 46.9 Å². The van der Waals surface area contributed by atoms with Gasteiger partial charge in [0, 0.05) is 25.6 Å². The van der Waals surface area contributed by atoms with Gasteiger partial charge in [0.15, 0.2) is 0 Å². The minimum absolute atomic E-state index is 0.192. The molecular weight excluding hydrogens is 246 g/mol. The fraction of sp³-hybridized carbons (Fsp3) is 0.714. The quantitative estimate of drug-likeness (QED) is 0.775. The molecule has 0 aliphatic carbocycles. The third-order valence-electron chi connectivity index (χ3n) is 3.40. The Labute approximate surface area is 116 Å². The zero-order valence-corrected chi connectivity index (χ0v) is 13.0. The molecule has 0 bridgehead atoms. The van der Waals surface area contributed by atoms with E-state index in [4.69, 9.17) is 11.6 Å². The molecule has 1 heterocycles. The zero-order valence-electron chi connectivity index (χ0n) is 12.3. The van der Waals surface area contributed by atoms with Gasteiger partial charge in [-0.3, -0.25) is 0 Å². The van der Waals surface area contributed by atoms with Crippen LogP contribution in [0.3, 0.4) is 0 Å². The summed E-state index contributed by atoms with van der Waals surface area (Å²) < 4.78 is 0. The Bertz CT molecular complexity index is 399. The Kier molecular flexibility index (Phi) is 4.97. The molecule has 0 aromatic carbocycles. The number of aryl methyl sites for hydroxylation is 1. The summed E-state index contributed by atoms with van der Waals surface area (Å²) in [5.41, 5.74) is 0.192. The first-order valence-corrected chi connectivity index (χ1v) is 6.89. The maximum atomic E-state index is 6.07. The van der Waals surface area contributed by atoms with Crippen molar-refractivity contribution in [2.75, 3.05) is 11.9 Å². The maximum absolute atomic E-state index is 6.07. The Morgan fingerprint density at radius 1 is 1.33 bits per heavy atom. The van der Waals surface area contributed by atoms with E-state index < -0.39 is 0 Å². The Morgan fingerprint density at radius 2 is 1.94 bits per heavy atom. The summed E-state index contributed by atoms with van der Waals surface area (Å²) in [6.07, 6.45) is 1.89. The molecule has 0 saturated heterocycles. The molecule has 0 saturated carbocycles. The van der Waals surface area contributed by atoms with Crippen molar-refractivity contribution in [1.29, 1.82) is 0 Å². The largest absolute Gasteiger partial charge is 0.356 e. The van der Waals surface area contributed by atoms with Gasteiger partial charge in [-0.05, 0) is 18.8 Å². The van der Waals surface area contributed by atoms with E-state index in [1.165, 1.54) is 0 Å². The summed E-state index contributed by atoms with van der Waals surface area (Å²) in [4.78, 5) is 11.0. The standard InChI is InChI=1S/C14H24ClN3/c1-7-8-12-16-11(15)9-13(17-12)18(6)10(2)14(3,4)5/h9-10H,7-8H2,1-6H3. The molecule has 1 aromatic rings. The number of anilines is 1. The minimum atomic E-state index is 0.192. The van der Waals surface area contributed by atoms with Gasteiger partial charge >= 0.3 is 0 Å². The zero-order chi connectivity index (χ0) is 13.9. The SMILES string of the molecule is CCCc1nc(Cl)cc(N(C)C(C)C(C)(C)C)n1. The number of halogens is 1. The molecule has 1 aromatic heterocycles. The highest BCUT2D eigenvalue weighted by Gasteiger charge is 2.25. The maximum Gasteiger partial charge on any atom is 0.134 e. The molecule has 0 aliphatic rings. The third-order valence-corrected chi connectivity index (χ3v) is 3.59. The summed E-state index contributed by atoms with van der Waals surface area (Å²) in [6.45, 7) is 11.0. The highest BCUT2D eigenvalue weighted by molar-refractivity contribution is 6.29. The van der Waals surface area contributed by atoms with Gasteiger partial charge in [0.2, 0.25) is 0 Å². The van der Waals surface area contributed by atoms with Gasteiger partial charge in [-0.2, -0.15) is 0 Å². The second kappa shape index (κ2) is 5.87. The lowest BCUT2D eigenvalue weighted by Gasteiger charge is -2.36. The molecule has 0 fully saturated rings. The van der Waals surface area contributed by atoms with Crippen LogP contribution < -0.4 is 4.90 Å². The predicted molar refractivity (Wildman–Crippen MR) is 78.4 cm³/mol. The molecule has 0 amide bonds. The summed E-state index contributed by atoms with van der Waals surface area (Å²) in [7, 11) is 2.06. The normalized spacial score (nSPS) is 13.5. The van der Waals surface area contributed by atoms with Crippen LogP contribution >= 0.6 is 11.6 Å². The molecule has 0 aliphatic heterocycles. The minimum Gasteiger partial charge on any atom is -0.356 e. The third kappa shape index (κ3) is 3.84. The van der Waals surface area contributed by atoms with Gasteiger partial charge in [0.05, 0.1) is 0 Å². The van der Waals surface area contributed by atoms with E-state index in [0.29, 0.717) is 11.2 Å². The number of nitrogens with zero attached hydrogens (tertiary/aromatic N) is 3. The molecule has 1 rings (SSSR count). The van der Waals surface area contributed by atoms with E-state index in [1.54, 1.807) is 0 Å². The second-order valence-corrected chi connectivity index (χ2v) is 6.26. The van der Waals surface area contributed by atoms with Crippen LogP contribution in [0.2, 0.25) is 5.15 Å². The van der Waals surface area contributed by atoms with E-state index in [2.05, 4.69) is 56.5 Å². The lowest BCUT2D eigenvalue weighted by atomic mass is 9.87. The monoisotopic (exact) mass is 269 g/mol. The van der Waals surface area contributed by atoms with Gasteiger partial charge in [0.25, 0.3) is 0 Å². The van der Waals surface area contributed by atoms with Crippen molar-refractivity contribution in [3.8, 4) is 0 Å². The summed E-state index contributed by atoms with van der Waals surface area (Å²) in [5, 5.41) is 0.524. The average molecular weight is 270 g/mol. The molecule has 4 heteroatoms. The summed E-state index contributed by atoms with van der Waals surface area (Å²) >= 11 is 6.07. The molecule has 3 nitrogen and oxygen atoms in total. The van der Waals surface area contributed by atoms with Crippen molar-refractivity contribution in [3.63, 3.8) is 0 Å². The van der Waals surface area contributed by atoms with Crippen molar-refractivity contribution < 1.29 is 0 Å². The first-order valence-electron chi connectivity index (χ1n) is 6.52. The van der Waals surface area contributed by atoms with Gasteiger partial charge < -0.3 is 4.90 Å². The van der Waals surface area contributed by atoms with Crippen molar-refractivity contribution in [2.24, 2.45) is 5.41 Å². The number of aromatic nitrogens is 2. The fourth-order valence-corrected chi connectivity index (χ4v) is 1.94. The van der Waals surface area contributed by atoms with Crippen molar-refractivity contribution >= 4 is 17.4 Å². The van der Waals surface area contributed by atoms with Crippen molar-refractivity contribution in [2.45, 2.75) is 53.5 Å². The number of hydrogen-bond donors (Lipinski definition) is 0. The lowest BCUT2D eigenvalue weighted by Crippen LogP contribution is -2.40. The molecule has 18 heavy (non-hydrogen) atoms. The van der Waals surface area contributed by atoms with Crippen LogP contribution in [0.5, 0.6) is 0 Å². The van der Waals surface area contributed by atoms with Gasteiger partial charge in [0.1, 0.15) is 16.8 Å². The highest BCUT2D eigenvalue weighted by Crippen LogP contribution is 2.27. The van der Waals surface area contributed by atoms with Gasteiger partial charge in [-0.25, -0.2) is 9.97 Å². The predicted octanol–water partition coefficient (Wildman–Crippen LogP) is 3.95. The smallest absolute Gasteiger partial charge is 0.134 e. The number of rotatable bonds is 4. The Morgan fingerprint density at radius 3 is 2.44 bits per heavy atom. The lowest BCUT2D eigenvalue weighted by molar-refractivity contribution is 0.328. The van der Waals surface area contributed by atoms with E-state index in [-0.39, 0.29) is 5.41 Å². The highest BCUT2D eigenvalue weighted by atomic mass is 35.5. The van der Waals surface area contributed by atoms with Crippen LogP contribution in [0.15, 0.2) is 6.07 Å². The molecule has 1 atom stereocenters. The van der Waals surface area contributed by atoms with Crippen LogP contribution in [0, 0.1) is 5.41 Å². The van der Waals surface area contributed by atoms with Crippen LogP contribution in [-0.4, -0.2) is 23.1 Å². The van der Waals surface area contributed by atoms with E-state index in [0.717, 1.165) is 24.5 Å². The van der Waals surface area contributed by atoms with Crippen LogP contribution in [-0.2, 0) is 6.42 Å². The van der Waals surface area contributed by atoms with E-state index in [9.17, 15) is 0 Å². The van der Waals surface area contributed by atoms with Crippen LogP contribution in [0.4, 0.5) is 5.82 Å². The molecular formula is C14H24ClN3. The molecule has 0 N–H and O–H groups in total. The molecule has 0 radical (unpaired) electrons. The van der Waals surface area contributed by atoms with Crippen molar-refractivity contribution in [3.05, 3.63) is 17.0 Å². The Hall–Kier alpha value is -0.830. The van der Waals surface area contributed by atoms with Gasteiger partial charge in [-0.15, -0.1) is 0 Å². The fourth-order valence-electron chi connectivity index (χ4n) is 1.75. The average Bonchev–Trinajstić information content (AvgIpc) is 2.25. The summed E-state index contributed by atoms with van der Waals surface area (Å²) in [6, 6.07) is 2.21. The van der Waals surface area contributed by atoms with Crippen LogP contribution in [0.25, 0.3) is 0 Å². The first kappa shape index (κ1) is 15.2. The first-order chi connectivity index (χ1) is 8.25. The van der Waals surface area contributed by atoms with E-state index >= 15 is 0 Å². The molecule has 0 spiro atoms. The topological polar surface area (TPSA) is 29.0 Å². The number of hydrogen-bond acceptors (Lipinski definition) is 3. The van der Waals surface area contributed by atoms with Gasteiger partial charge in [-0.1, -0.05) is 39.3 Å².